The molecule has 3 N–H and O–H groups in total. The summed E-state index contributed by atoms with van der Waals surface area (Å²) in [5.74, 6) is 0.305. The molecule has 0 unspecified atom stereocenters. The summed E-state index contributed by atoms with van der Waals surface area (Å²) in [6, 6.07) is 22.4. The Hall–Kier alpha value is -4.13. The molecule has 0 atom stereocenters. The van der Waals surface area contributed by atoms with Crippen LogP contribution in [0.25, 0.3) is 0 Å². The van der Waals surface area contributed by atoms with Crippen molar-refractivity contribution in [2.75, 3.05) is 22.6 Å². The van der Waals surface area contributed by atoms with E-state index in [9.17, 15) is 14.4 Å². The lowest BCUT2D eigenvalue weighted by atomic mass is 10.1. The van der Waals surface area contributed by atoms with Crippen LogP contribution in [0, 0.1) is 0 Å². The maximum absolute atomic E-state index is 12.3. The molecular formula is C25H25N3O4. The van der Waals surface area contributed by atoms with Crippen LogP contribution in [0.15, 0.2) is 78.9 Å². The number of anilines is 3. The number of amides is 3. The molecule has 0 saturated carbocycles. The van der Waals surface area contributed by atoms with Gasteiger partial charge in [0.05, 0.1) is 6.61 Å². The van der Waals surface area contributed by atoms with Gasteiger partial charge < -0.3 is 20.7 Å². The summed E-state index contributed by atoms with van der Waals surface area (Å²) in [5.41, 5.74) is 2.27. The number of nitrogens with one attached hydrogen (secondary N) is 3. The number of benzene rings is 3. The number of carbonyl (C=O) groups is 3. The van der Waals surface area contributed by atoms with E-state index >= 15 is 0 Å². The van der Waals surface area contributed by atoms with Crippen LogP contribution in [-0.4, -0.2) is 24.3 Å². The number of carbonyl (C=O) groups excluding carboxylic acids is 3. The van der Waals surface area contributed by atoms with E-state index in [1.165, 1.54) is 0 Å². The smallest absolute Gasteiger partial charge is 0.323 e. The third-order valence-electron chi connectivity index (χ3n) is 4.50. The number of ketones is 1. The van der Waals surface area contributed by atoms with E-state index in [0.717, 1.165) is 0 Å². The van der Waals surface area contributed by atoms with E-state index in [1.54, 1.807) is 60.7 Å². The Morgan fingerprint density at radius 2 is 1.34 bits per heavy atom. The first kappa shape index (κ1) is 22.6. The summed E-state index contributed by atoms with van der Waals surface area (Å²) in [4.78, 5) is 36.7. The standard InChI is InChI=1S/C25H25N3O4/c1-2-32-22-13-11-18(12-14-22)23(29)15-16-24(30)26-20-9-6-10-21(17-20)28-25(31)27-19-7-4-3-5-8-19/h3-14,17H,2,15-16H2,1H3,(H,26,30)(H2,27,28,31). The first-order valence-electron chi connectivity index (χ1n) is 10.3. The van der Waals surface area contributed by atoms with Gasteiger partial charge in [-0.3, -0.25) is 9.59 Å². The third-order valence-corrected chi connectivity index (χ3v) is 4.50. The molecule has 0 bridgehead atoms. The van der Waals surface area contributed by atoms with Crippen LogP contribution in [0.3, 0.4) is 0 Å². The minimum absolute atomic E-state index is 0.0538. The predicted molar refractivity (Wildman–Crippen MR) is 125 cm³/mol. The Morgan fingerprint density at radius 3 is 2.03 bits per heavy atom. The molecule has 0 heterocycles. The molecular weight excluding hydrogens is 406 g/mol. The molecule has 3 amide bonds. The Bertz CT molecular complexity index is 1070. The van der Waals surface area contributed by atoms with Crippen LogP contribution < -0.4 is 20.7 Å². The lowest BCUT2D eigenvalue weighted by Gasteiger charge is -2.10. The number of hydrogen-bond acceptors (Lipinski definition) is 4. The number of para-hydroxylation sites is 1. The van der Waals surface area contributed by atoms with Crippen LogP contribution >= 0.6 is 0 Å². The molecule has 0 aliphatic heterocycles. The second kappa shape index (κ2) is 11.3. The molecule has 0 aromatic heterocycles. The molecule has 0 saturated heterocycles. The zero-order valence-corrected chi connectivity index (χ0v) is 17.8. The van der Waals surface area contributed by atoms with Gasteiger partial charge in [-0.05, 0) is 61.5 Å². The maximum atomic E-state index is 12.3. The highest BCUT2D eigenvalue weighted by molar-refractivity contribution is 6.01. The number of ether oxygens (including phenoxy) is 1. The van der Waals surface area contributed by atoms with Crippen LogP contribution in [0.2, 0.25) is 0 Å². The van der Waals surface area contributed by atoms with E-state index in [4.69, 9.17) is 4.74 Å². The highest BCUT2D eigenvalue weighted by Crippen LogP contribution is 2.17. The second-order valence-electron chi connectivity index (χ2n) is 6.95. The number of rotatable bonds is 9. The van der Waals surface area contributed by atoms with Crippen LogP contribution in [0.5, 0.6) is 5.75 Å². The molecule has 0 radical (unpaired) electrons. The summed E-state index contributed by atoms with van der Waals surface area (Å²) >= 11 is 0. The highest BCUT2D eigenvalue weighted by atomic mass is 16.5. The summed E-state index contributed by atoms with van der Waals surface area (Å²) < 4.78 is 5.36. The Balaban J connectivity index is 1.48. The van der Waals surface area contributed by atoms with Gasteiger partial charge in [0.25, 0.3) is 0 Å². The van der Waals surface area contributed by atoms with Crippen molar-refractivity contribution in [3.63, 3.8) is 0 Å². The highest BCUT2D eigenvalue weighted by Gasteiger charge is 2.11. The molecule has 7 heteroatoms. The van der Waals surface area contributed by atoms with Gasteiger partial charge in [-0.2, -0.15) is 0 Å². The quantitative estimate of drug-likeness (QED) is 0.399. The van der Waals surface area contributed by atoms with E-state index in [1.807, 2.05) is 25.1 Å². The van der Waals surface area contributed by atoms with Crippen LogP contribution in [0.4, 0.5) is 21.9 Å². The van der Waals surface area contributed by atoms with Crippen molar-refractivity contribution < 1.29 is 19.1 Å². The molecule has 3 rings (SSSR count). The van der Waals surface area contributed by atoms with E-state index in [2.05, 4.69) is 16.0 Å². The Morgan fingerprint density at radius 1 is 0.719 bits per heavy atom. The SMILES string of the molecule is CCOc1ccc(C(=O)CCC(=O)Nc2cccc(NC(=O)Nc3ccccc3)c2)cc1. The normalized spacial score (nSPS) is 10.2. The predicted octanol–water partition coefficient (Wildman–Crippen LogP) is 5.33. The third kappa shape index (κ3) is 6.98. The van der Waals surface area contributed by atoms with Crippen molar-refractivity contribution in [3.8, 4) is 5.75 Å². The van der Waals surface area contributed by atoms with Gasteiger partial charge in [-0.15, -0.1) is 0 Å². The minimum Gasteiger partial charge on any atom is -0.494 e. The van der Waals surface area contributed by atoms with Crippen LogP contribution in [-0.2, 0) is 4.79 Å². The average molecular weight is 431 g/mol. The van der Waals surface area contributed by atoms with E-state index in [-0.39, 0.29) is 30.6 Å². The van der Waals surface area contributed by atoms with Crippen molar-refractivity contribution >= 4 is 34.8 Å². The van der Waals surface area contributed by atoms with Crippen molar-refractivity contribution in [3.05, 3.63) is 84.4 Å². The fraction of sp³-hybridized carbons (Fsp3) is 0.160. The Kier molecular flexibility index (Phi) is 7.97. The number of urea groups is 1. The van der Waals surface area contributed by atoms with Crippen molar-refractivity contribution in [1.29, 1.82) is 0 Å². The van der Waals surface area contributed by atoms with Gasteiger partial charge in [-0.25, -0.2) is 4.79 Å². The molecule has 0 aliphatic carbocycles. The molecule has 0 aliphatic rings. The minimum atomic E-state index is -0.388. The van der Waals surface area contributed by atoms with Gasteiger partial charge in [-0.1, -0.05) is 24.3 Å². The van der Waals surface area contributed by atoms with Gasteiger partial charge >= 0.3 is 6.03 Å². The maximum Gasteiger partial charge on any atom is 0.323 e. The lowest BCUT2D eigenvalue weighted by Crippen LogP contribution is -2.19. The van der Waals surface area contributed by atoms with Gasteiger partial charge in [0, 0.05) is 35.5 Å². The molecule has 0 fully saturated rings. The topological polar surface area (TPSA) is 96.5 Å². The van der Waals surface area contributed by atoms with Crippen LogP contribution in [0.1, 0.15) is 30.1 Å². The average Bonchev–Trinajstić information content (AvgIpc) is 2.79. The Labute approximate surface area is 186 Å². The summed E-state index contributed by atoms with van der Waals surface area (Å²) in [7, 11) is 0. The van der Waals surface area contributed by atoms with Crippen molar-refractivity contribution in [1.82, 2.24) is 0 Å². The summed E-state index contributed by atoms with van der Waals surface area (Å²) in [5, 5.41) is 8.21. The molecule has 164 valence electrons. The van der Waals surface area contributed by atoms with Gasteiger partial charge in [0.1, 0.15) is 5.75 Å². The fourth-order valence-electron chi connectivity index (χ4n) is 2.99. The summed E-state index contributed by atoms with van der Waals surface area (Å²) in [6.45, 7) is 2.45. The van der Waals surface area contributed by atoms with Crippen molar-refractivity contribution in [2.24, 2.45) is 0 Å². The number of hydrogen-bond donors (Lipinski definition) is 3. The molecule has 32 heavy (non-hydrogen) atoms. The largest absolute Gasteiger partial charge is 0.494 e. The zero-order valence-electron chi connectivity index (χ0n) is 17.8. The lowest BCUT2D eigenvalue weighted by molar-refractivity contribution is -0.116. The zero-order chi connectivity index (χ0) is 22.8. The van der Waals surface area contributed by atoms with E-state index < -0.39 is 0 Å². The monoisotopic (exact) mass is 431 g/mol. The fourth-order valence-corrected chi connectivity index (χ4v) is 2.99. The summed E-state index contributed by atoms with van der Waals surface area (Å²) in [6.07, 6.45) is 0.148. The van der Waals surface area contributed by atoms with Gasteiger partial charge in [0.2, 0.25) is 5.91 Å². The molecule has 3 aromatic carbocycles. The van der Waals surface area contributed by atoms with Gasteiger partial charge in [0.15, 0.2) is 5.78 Å². The number of Topliss-reactive ketones (excluding diaryl/α,β-unsaturated/α-hetero) is 1. The molecule has 0 spiro atoms. The van der Waals surface area contributed by atoms with Crippen molar-refractivity contribution in [2.45, 2.75) is 19.8 Å². The first-order valence-corrected chi connectivity index (χ1v) is 10.3. The van der Waals surface area contributed by atoms with E-state index in [0.29, 0.717) is 35.0 Å². The molecule has 3 aromatic rings. The second-order valence-corrected chi connectivity index (χ2v) is 6.95. The first-order chi connectivity index (χ1) is 15.5. The molecule has 7 nitrogen and oxygen atoms in total.